The maximum absolute atomic E-state index is 6.06. The maximum atomic E-state index is 6.06. The SMILES string of the molecule is CN1CCN(CCc2nc3n(n2)C(N)CCC3)CC1. The number of piperazine rings is 1. The summed E-state index contributed by atoms with van der Waals surface area (Å²) in [5, 5.41) is 4.57. The standard InChI is InChI=1S/C13H24N6/c1-17-7-9-18(10-8-17)6-5-12-15-13-4-2-3-11(14)19(13)16-12/h11H,2-10,14H2,1H3. The van der Waals surface area contributed by atoms with Crippen molar-refractivity contribution in [2.75, 3.05) is 39.8 Å². The van der Waals surface area contributed by atoms with E-state index in [1.54, 1.807) is 0 Å². The Morgan fingerprint density at radius 2 is 2.05 bits per heavy atom. The highest BCUT2D eigenvalue weighted by Crippen LogP contribution is 2.18. The summed E-state index contributed by atoms with van der Waals surface area (Å²) < 4.78 is 1.93. The molecule has 2 aliphatic rings. The summed E-state index contributed by atoms with van der Waals surface area (Å²) >= 11 is 0. The normalized spacial score (nSPS) is 25.5. The topological polar surface area (TPSA) is 63.2 Å². The fourth-order valence-corrected chi connectivity index (χ4v) is 2.87. The van der Waals surface area contributed by atoms with Crippen LogP contribution in [-0.2, 0) is 12.8 Å². The molecule has 0 amide bonds. The van der Waals surface area contributed by atoms with E-state index in [1.807, 2.05) is 4.68 Å². The molecule has 0 aromatic carbocycles. The Balaban J connectivity index is 1.56. The fraction of sp³-hybridized carbons (Fsp3) is 0.846. The molecule has 1 atom stereocenters. The van der Waals surface area contributed by atoms with Gasteiger partial charge in [-0.2, -0.15) is 5.10 Å². The Kier molecular flexibility index (Phi) is 3.81. The van der Waals surface area contributed by atoms with Crippen molar-refractivity contribution in [2.24, 2.45) is 5.73 Å². The van der Waals surface area contributed by atoms with Gasteiger partial charge in [-0.15, -0.1) is 0 Å². The maximum Gasteiger partial charge on any atom is 0.152 e. The van der Waals surface area contributed by atoms with Gasteiger partial charge in [0.15, 0.2) is 5.82 Å². The van der Waals surface area contributed by atoms with E-state index >= 15 is 0 Å². The van der Waals surface area contributed by atoms with E-state index in [1.165, 1.54) is 0 Å². The number of rotatable bonds is 3. The summed E-state index contributed by atoms with van der Waals surface area (Å²) in [6.07, 6.45) is 4.16. The average Bonchev–Trinajstić information content (AvgIpc) is 2.83. The summed E-state index contributed by atoms with van der Waals surface area (Å²) in [5.74, 6) is 2.04. The fourth-order valence-electron chi connectivity index (χ4n) is 2.87. The largest absolute Gasteiger partial charge is 0.310 e. The highest BCUT2D eigenvalue weighted by Gasteiger charge is 2.20. The molecule has 1 aromatic heterocycles. The third kappa shape index (κ3) is 2.96. The number of nitrogens with two attached hydrogens (primary N) is 1. The first-order valence-electron chi connectivity index (χ1n) is 7.33. The Bertz CT molecular complexity index is 421. The number of hydrogen-bond acceptors (Lipinski definition) is 5. The van der Waals surface area contributed by atoms with Gasteiger partial charge >= 0.3 is 0 Å². The minimum absolute atomic E-state index is 0.0358. The highest BCUT2D eigenvalue weighted by molar-refractivity contribution is 4.98. The van der Waals surface area contributed by atoms with Gasteiger partial charge in [0.05, 0.1) is 0 Å². The predicted molar refractivity (Wildman–Crippen MR) is 73.8 cm³/mol. The first kappa shape index (κ1) is 13.0. The van der Waals surface area contributed by atoms with Crippen LogP contribution in [0.2, 0.25) is 0 Å². The van der Waals surface area contributed by atoms with Gasteiger partial charge in [-0.25, -0.2) is 9.67 Å². The quantitative estimate of drug-likeness (QED) is 0.823. The van der Waals surface area contributed by atoms with Gasteiger partial charge in [-0.05, 0) is 19.9 Å². The smallest absolute Gasteiger partial charge is 0.152 e. The van der Waals surface area contributed by atoms with Crippen molar-refractivity contribution in [1.82, 2.24) is 24.6 Å². The van der Waals surface area contributed by atoms with Crippen LogP contribution in [0.5, 0.6) is 0 Å². The summed E-state index contributed by atoms with van der Waals surface area (Å²) in [6, 6.07) is 0. The second kappa shape index (κ2) is 5.56. The number of hydrogen-bond donors (Lipinski definition) is 1. The molecule has 19 heavy (non-hydrogen) atoms. The zero-order chi connectivity index (χ0) is 13.2. The van der Waals surface area contributed by atoms with Crippen molar-refractivity contribution in [1.29, 1.82) is 0 Å². The molecule has 1 saturated heterocycles. The molecular weight excluding hydrogens is 240 g/mol. The van der Waals surface area contributed by atoms with Gasteiger partial charge in [0.25, 0.3) is 0 Å². The first-order chi connectivity index (χ1) is 9.22. The van der Waals surface area contributed by atoms with Gasteiger partial charge in [-0.1, -0.05) is 0 Å². The number of aryl methyl sites for hydroxylation is 1. The van der Waals surface area contributed by atoms with Crippen molar-refractivity contribution in [3.05, 3.63) is 11.6 Å². The van der Waals surface area contributed by atoms with Crippen LogP contribution in [0.3, 0.4) is 0 Å². The molecule has 2 N–H and O–H groups in total. The van der Waals surface area contributed by atoms with Crippen molar-refractivity contribution in [3.63, 3.8) is 0 Å². The Hall–Kier alpha value is -0.980. The molecule has 0 saturated carbocycles. The zero-order valence-corrected chi connectivity index (χ0v) is 11.8. The minimum atomic E-state index is 0.0358. The number of fused-ring (bicyclic) bond motifs is 1. The van der Waals surface area contributed by atoms with Crippen molar-refractivity contribution in [3.8, 4) is 0 Å². The van der Waals surface area contributed by atoms with Crippen LogP contribution in [0.15, 0.2) is 0 Å². The summed E-state index contributed by atoms with van der Waals surface area (Å²) in [6.45, 7) is 5.70. The van der Waals surface area contributed by atoms with Gasteiger partial charge in [0, 0.05) is 45.6 Å². The summed E-state index contributed by atoms with van der Waals surface area (Å²) in [5.41, 5.74) is 6.06. The lowest BCUT2D eigenvalue weighted by Crippen LogP contribution is -2.45. The number of likely N-dealkylation sites (N-methyl/N-ethyl adjacent to an activating group) is 1. The zero-order valence-electron chi connectivity index (χ0n) is 11.8. The number of aromatic nitrogens is 3. The highest BCUT2D eigenvalue weighted by atomic mass is 15.4. The Labute approximate surface area is 114 Å². The van der Waals surface area contributed by atoms with Crippen LogP contribution in [0, 0.1) is 0 Å². The van der Waals surface area contributed by atoms with Gasteiger partial charge in [0.1, 0.15) is 12.0 Å². The lowest BCUT2D eigenvalue weighted by Gasteiger charge is -2.31. The van der Waals surface area contributed by atoms with E-state index in [9.17, 15) is 0 Å². The molecule has 3 heterocycles. The molecule has 1 fully saturated rings. The number of nitrogens with zero attached hydrogens (tertiary/aromatic N) is 5. The molecule has 0 radical (unpaired) electrons. The van der Waals surface area contributed by atoms with Crippen LogP contribution >= 0.6 is 0 Å². The molecule has 3 rings (SSSR count). The second-order valence-corrected chi connectivity index (χ2v) is 5.74. The molecule has 1 unspecified atom stereocenters. The molecule has 106 valence electrons. The van der Waals surface area contributed by atoms with Crippen LogP contribution < -0.4 is 5.73 Å². The monoisotopic (exact) mass is 264 g/mol. The summed E-state index contributed by atoms with van der Waals surface area (Å²) in [4.78, 5) is 9.51. The molecule has 2 aliphatic heterocycles. The van der Waals surface area contributed by atoms with Crippen LogP contribution in [0.1, 0.15) is 30.7 Å². The van der Waals surface area contributed by atoms with Gasteiger partial charge in [-0.3, -0.25) is 0 Å². The summed E-state index contributed by atoms with van der Waals surface area (Å²) in [7, 11) is 2.18. The van der Waals surface area contributed by atoms with E-state index in [0.717, 1.165) is 70.1 Å². The van der Waals surface area contributed by atoms with E-state index in [-0.39, 0.29) is 6.17 Å². The van der Waals surface area contributed by atoms with Crippen molar-refractivity contribution >= 4 is 0 Å². The predicted octanol–water partition coefficient (Wildman–Crippen LogP) is -0.138. The molecule has 6 nitrogen and oxygen atoms in total. The second-order valence-electron chi connectivity index (χ2n) is 5.74. The molecular formula is C13H24N6. The van der Waals surface area contributed by atoms with Crippen molar-refractivity contribution in [2.45, 2.75) is 31.8 Å². The van der Waals surface area contributed by atoms with Gasteiger partial charge in [0.2, 0.25) is 0 Å². The van der Waals surface area contributed by atoms with Crippen LogP contribution in [0.25, 0.3) is 0 Å². The Morgan fingerprint density at radius 3 is 2.79 bits per heavy atom. The lowest BCUT2D eigenvalue weighted by molar-refractivity contribution is 0.155. The third-order valence-electron chi connectivity index (χ3n) is 4.21. The molecule has 0 bridgehead atoms. The lowest BCUT2D eigenvalue weighted by atomic mass is 10.1. The van der Waals surface area contributed by atoms with E-state index in [0.29, 0.717) is 0 Å². The molecule has 6 heteroatoms. The first-order valence-corrected chi connectivity index (χ1v) is 7.33. The molecule has 0 spiro atoms. The van der Waals surface area contributed by atoms with Crippen molar-refractivity contribution < 1.29 is 0 Å². The third-order valence-corrected chi connectivity index (χ3v) is 4.21. The van der Waals surface area contributed by atoms with Crippen LogP contribution in [-0.4, -0.2) is 64.3 Å². The van der Waals surface area contributed by atoms with E-state index in [2.05, 4.69) is 26.9 Å². The average molecular weight is 264 g/mol. The minimum Gasteiger partial charge on any atom is -0.310 e. The molecule has 1 aromatic rings. The van der Waals surface area contributed by atoms with E-state index < -0.39 is 0 Å². The Morgan fingerprint density at radius 1 is 1.26 bits per heavy atom. The van der Waals surface area contributed by atoms with Gasteiger partial charge < -0.3 is 15.5 Å². The van der Waals surface area contributed by atoms with E-state index in [4.69, 9.17) is 5.73 Å². The van der Waals surface area contributed by atoms with Crippen LogP contribution in [0.4, 0.5) is 0 Å². The molecule has 0 aliphatic carbocycles.